The minimum absolute atomic E-state index is 0.0537. The van der Waals surface area contributed by atoms with E-state index in [1.807, 2.05) is 0 Å². The Kier molecular flexibility index (Phi) is 11.4. The summed E-state index contributed by atoms with van der Waals surface area (Å²) < 4.78 is 5.95. The van der Waals surface area contributed by atoms with Gasteiger partial charge in [0.1, 0.15) is 0 Å². The van der Waals surface area contributed by atoms with Crippen LogP contribution in [0.3, 0.4) is 0 Å². The van der Waals surface area contributed by atoms with E-state index in [0.29, 0.717) is 12.0 Å². The van der Waals surface area contributed by atoms with E-state index in [1.165, 1.54) is 38.5 Å². The molecule has 0 radical (unpaired) electrons. The SMILES string of the molecule is CCCCC(CC)(CC)C(O)OCCC(CC)(CC)CCC. The van der Waals surface area contributed by atoms with E-state index in [-0.39, 0.29) is 5.41 Å². The van der Waals surface area contributed by atoms with E-state index in [4.69, 9.17) is 4.74 Å². The third-order valence-electron chi connectivity index (χ3n) is 6.15. The number of aliphatic hydroxyl groups is 1. The number of aliphatic hydroxyl groups excluding tert-OH is 1. The summed E-state index contributed by atoms with van der Waals surface area (Å²) >= 11 is 0. The van der Waals surface area contributed by atoms with Crippen LogP contribution >= 0.6 is 0 Å². The van der Waals surface area contributed by atoms with E-state index in [1.54, 1.807) is 0 Å². The predicted molar refractivity (Wildman–Crippen MR) is 97.0 cm³/mol. The highest BCUT2D eigenvalue weighted by molar-refractivity contribution is 4.81. The molecule has 0 aromatic carbocycles. The fourth-order valence-electron chi connectivity index (χ4n) is 3.78. The van der Waals surface area contributed by atoms with Crippen LogP contribution < -0.4 is 0 Å². The Bertz CT molecular complexity index is 254. The first-order valence-electron chi connectivity index (χ1n) is 9.79. The second-order valence-corrected chi connectivity index (χ2v) is 7.10. The topological polar surface area (TPSA) is 29.5 Å². The molecule has 134 valence electrons. The predicted octanol–water partition coefficient (Wildman–Crippen LogP) is 6.31. The molecular weight excluding hydrogens is 272 g/mol. The minimum atomic E-state index is -0.609. The Balaban J connectivity index is 4.58. The van der Waals surface area contributed by atoms with E-state index >= 15 is 0 Å². The third-order valence-corrected chi connectivity index (χ3v) is 6.15. The largest absolute Gasteiger partial charge is 0.367 e. The highest BCUT2D eigenvalue weighted by Crippen LogP contribution is 2.39. The normalized spacial score (nSPS) is 14.3. The molecule has 0 saturated carbocycles. The van der Waals surface area contributed by atoms with Gasteiger partial charge >= 0.3 is 0 Å². The lowest BCUT2D eigenvalue weighted by Gasteiger charge is -2.38. The van der Waals surface area contributed by atoms with Gasteiger partial charge in [0.05, 0.1) is 6.61 Å². The summed E-state index contributed by atoms with van der Waals surface area (Å²) in [6.07, 6.45) is 10.8. The molecule has 22 heavy (non-hydrogen) atoms. The molecule has 0 fully saturated rings. The monoisotopic (exact) mass is 314 g/mol. The molecule has 0 spiro atoms. The van der Waals surface area contributed by atoms with E-state index in [0.717, 1.165) is 25.7 Å². The number of hydrogen-bond donors (Lipinski definition) is 1. The van der Waals surface area contributed by atoms with Gasteiger partial charge in [0.15, 0.2) is 6.29 Å². The van der Waals surface area contributed by atoms with Gasteiger partial charge in [0, 0.05) is 5.41 Å². The molecule has 2 nitrogen and oxygen atoms in total. The second-order valence-electron chi connectivity index (χ2n) is 7.10. The lowest BCUT2D eigenvalue weighted by molar-refractivity contribution is -0.185. The van der Waals surface area contributed by atoms with Crippen molar-refractivity contribution in [1.82, 2.24) is 0 Å². The van der Waals surface area contributed by atoms with Gasteiger partial charge in [-0.05, 0) is 37.5 Å². The van der Waals surface area contributed by atoms with Gasteiger partial charge < -0.3 is 9.84 Å². The number of hydrogen-bond acceptors (Lipinski definition) is 2. The Hall–Kier alpha value is -0.0800. The third kappa shape index (κ3) is 6.20. The Morgan fingerprint density at radius 1 is 0.773 bits per heavy atom. The summed E-state index contributed by atoms with van der Waals surface area (Å²) in [7, 11) is 0. The Labute approximate surface area is 140 Å². The van der Waals surface area contributed by atoms with Crippen LogP contribution in [0.15, 0.2) is 0 Å². The summed E-state index contributed by atoms with van der Waals surface area (Å²) in [6.45, 7) is 14.1. The van der Waals surface area contributed by atoms with Gasteiger partial charge in [-0.3, -0.25) is 0 Å². The smallest absolute Gasteiger partial charge is 0.160 e. The molecule has 0 bridgehead atoms. The standard InChI is InChI=1S/C20H42O2/c1-7-13-15-20(11-5,12-6)18(21)22-17-16-19(9-3,10-4)14-8-2/h18,21H,7-17H2,1-6H3. The average Bonchev–Trinajstić information content (AvgIpc) is 2.55. The van der Waals surface area contributed by atoms with E-state index in [9.17, 15) is 5.11 Å². The minimum Gasteiger partial charge on any atom is -0.367 e. The number of unbranched alkanes of at least 4 members (excludes halogenated alkanes) is 1. The van der Waals surface area contributed by atoms with Crippen molar-refractivity contribution < 1.29 is 9.84 Å². The molecule has 0 aromatic heterocycles. The number of rotatable bonds is 14. The summed E-state index contributed by atoms with van der Waals surface area (Å²) in [5.41, 5.74) is 0.348. The lowest BCUT2D eigenvalue weighted by Crippen LogP contribution is -2.37. The van der Waals surface area contributed by atoms with Crippen molar-refractivity contribution in [3.8, 4) is 0 Å². The zero-order valence-electron chi connectivity index (χ0n) is 16.2. The maximum Gasteiger partial charge on any atom is 0.160 e. The van der Waals surface area contributed by atoms with Crippen molar-refractivity contribution in [2.24, 2.45) is 10.8 Å². The van der Waals surface area contributed by atoms with Crippen LogP contribution in [0.5, 0.6) is 0 Å². The Morgan fingerprint density at radius 2 is 1.36 bits per heavy atom. The highest BCUT2D eigenvalue weighted by atomic mass is 16.6. The van der Waals surface area contributed by atoms with Gasteiger partial charge in [0.25, 0.3) is 0 Å². The van der Waals surface area contributed by atoms with Gasteiger partial charge in [-0.15, -0.1) is 0 Å². The molecule has 0 aliphatic carbocycles. The molecule has 0 aliphatic heterocycles. The first-order chi connectivity index (χ1) is 10.5. The highest BCUT2D eigenvalue weighted by Gasteiger charge is 2.35. The van der Waals surface area contributed by atoms with Crippen molar-refractivity contribution in [3.05, 3.63) is 0 Å². The van der Waals surface area contributed by atoms with Gasteiger partial charge in [-0.2, -0.15) is 0 Å². The molecule has 1 unspecified atom stereocenters. The maximum absolute atomic E-state index is 10.6. The molecule has 0 aromatic rings. The molecular formula is C20H42O2. The van der Waals surface area contributed by atoms with Crippen LogP contribution in [0.2, 0.25) is 0 Å². The molecule has 0 amide bonds. The van der Waals surface area contributed by atoms with Crippen molar-refractivity contribution in [2.75, 3.05) is 6.61 Å². The quantitative estimate of drug-likeness (QED) is 0.380. The first kappa shape index (κ1) is 21.9. The van der Waals surface area contributed by atoms with E-state index in [2.05, 4.69) is 41.5 Å². The van der Waals surface area contributed by atoms with Gasteiger partial charge in [-0.25, -0.2) is 0 Å². The summed E-state index contributed by atoms with van der Waals surface area (Å²) in [4.78, 5) is 0. The zero-order chi connectivity index (χ0) is 17.1. The summed E-state index contributed by atoms with van der Waals surface area (Å²) in [6, 6.07) is 0. The lowest BCUT2D eigenvalue weighted by atomic mass is 9.75. The van der Waals surface area contributed by atoms with Gasteiger partial charge in [-0.1, -0.05) is 73.6 Å². The van der Waals surface area contributed by atoms with Crippen molar-refractivity contribution in [2.45, 2.75) is 112 Å². The second kappa shape index (κ2) is 11.5. The zero-order valence-corrected chi connectivity index (χ0v) is 16.2. The van der Waals surface area contributed by atoms with E-state index < -0.39 is 6.29 Å². The Morgan fingerprint density at radius 3 is 1.77 bits per heavy atom. The van der Waals surface area contributed by atoms with Crippen molar-refractivity contribution >= 4 is 0 Å². The summed E-state index contributed by atoms with van der Waals surface area (Å²) in [5, 5.41) is 10.6. The van der Waals surface area contributed by atoms with Crippen molar-refractivity contribution in [1.29, 1.82) is 0 Å². The number of ether oxygens (including phenoxy) is 1. The summed E-state index contributed by atoms with van der Waals surface area (Å²) in [5.74, 6) is 0. The van der Waals surface area contributed by atoms with Crippen LogP contribution in [-0.2, 0) is 4.74 Å². The molecule has 1 atom stereocenters. The molecule has 0 rings (SSSR count). The maximum atomic E-state index is 10.6. The van der Waals surface area contributed by atoms with Crippen LogP contribution in [0.4, 0.5) is 0 Å². The molecule has 2 heteroatoms. The van der Waals surface area contributed by atoms with Gasteiger partial charge in [0.2, 0.25) is 0 Å². The molecule has 0 aliphatic rings. The van der Waals surface area contributed by atoms with Crippen molar-refractivity contribution in [3.63, 3.8) is 0 Å². The fraction of sp³-hybridized carbons (Fsp3) is 1.00. The van der Waals surface area contributed by atoms with Crippen LogP contribution in [-0.4, -0.2) is 18.0 Å². The van der Waals surface area contributed by atoms with Crippen LogP contribution in [0, 0.1) is 10.8 Å². The average molecular weight is 315 g/mol. The molecule has 0 heterocycles. The van der Waals surface area contributed by atoms with Crippen LogP contribution in [0.1, 0.15) is 106 Å². The molecule has 1 N–H and O–H groups in total. The van der Waals surface area contributed by atoms with Crippen LogP contribution in [0.25, 0.3) is 0 Å². The molecule has 0 saturated heterocycles. The fourth-order valence-corrected chi connectivity index (χ4v) is 3.78. The first-order valence-corrected chi connectivity index (χ1v) is 9.79.